The number of nitrogens with one attached hydrogen (secondary N) is 1. The summed E-state index contributed by atoms with van der Waals surface area (Å²) in [7, 11) is -0.596. The van der Waals surface area contributed by atoms with Crippen molar-refractivity contribution in [2.75, 3.05) is 31.3 Å². The van der Waals surface area contributed by atoms with Crippen molar-refractivity contribution in [1.82, 2.24) is 10.2 Å². The molecule has 10 nitrogen and oxygen atoms in total. The van der Waals surface area contributed by atoms with E-state index in [2.05, 4.69) is 10.3 Å². The molecule has 36 heavy (non-hydrogen) atoms. The third kappa shape index (κ3) is 6.82. The average molecular weight is 516 g/mol. The van der Waals surface area contributed by atoms with Gasteiger partial charge < -0.3 is 15.8 Å². The van der Waals surface area contributed by atoms with Crippen LogP contribution in [0, 0.1) is 0 Å². The Labute approximate surface area is 212 Å². The van der Waals surface area contributed by atoms with Gasteiger partial charge in [0.05, 0.1) is 30.6 Å². The molecule has 1 aliphatic rings. The lowest BCUT2D eigenvalue weighted by molar-refractivity contribution is -0.128. The van der Waals surface area contributed by atoms with Gasteiger partial charge in [-0.3, -0.25) is 18.8 Å². The predicted molar refractivity (Wildman–Crippen MR) is 139 cm³/mol. The average Bonchev–Trinajstić information content (AvgIpc) is 2.83. The number of anilines is 1. The van der Waals surface area contributed by atoms with Gasteiger partial charge >= 0.3 is 0 Å². The number of carbonyl (C=O) groups is 2. The molecule has 0 saturated carbocycles. The van der Waals surface area contributed by atoms with Gasteiger partial charge in [0, 0.05) is 32.7 Å². The second-order valence-corrected chi connectivity index (χ2v) is 10.9. The first-order chi connectivity index (χ1) is 17.0. The van der Waals surface area contributed by atoms with Crippen LogP contribution in [0.4, 0.5) is 5.69 Å². The first-order valence-corrected chi connectivity index (χ1v) is 13.4. The van der Waals surface area contributed by atoms with E-state index in [0.717, 1.165) is 16.1 Å². The minimum atomic E-state index is -3.60. The molecule has 2 amide bonds. The lowest BCUT2D eigenvalue weighted by Crippen LogP contribution is -2.46. The monoisotopic (exact) mass is 515 g/mol. The molecule has 194 valence electrons. The molecule has 0 aliphatic carbocycles. The van der Waals surface area contributed by atoms with Crippen LogP contribution in [0.15, 0.2) is 53.5 Å². The molecular formula is C25H33N5O5S. The molecule has 3 N–H and O–H groups in total. The lowest BCUT2D eigenvalue weighted by atomic mass is 10.0. The van der Waals surface area contributed by atoms with E-state index in [1.807, 2.05) is 30.3 Å². The summed E-state index contributed by atoms with van der Waals surface area (Å²) in [5, 5.41) is 3.03. The van der Waals surface area contributed by atoms with E-state index >= 15 is 0 Å². The summed E-state index contributed by atoms with van der Waals surface area (Å²) in [6, 6.07) is 13.8. The Kier molecular flexibility index (Phi) is 8.70. The summed E-state index contributed by atoms with van der Waals surface area (Å²) >= 11 is 0. The van der Waals surface area contributed by atoms with Gasteiger partial charge in [-0.1, -0.05) is 30.3 Å². The molecule has 0 fully saturated rings. The number of benzene rings is 2. The maximum absolute atomic E-state index is 13.4. The van der Waals surface area contributed by atoms with Crippen LogP contribution in [0.3, 0.4) is 0 Å². The molecule has 11 heteroatoms. The Morgan fingerprint density at radius 2 is 1.97 bits per heavy atom. The van der Waals surface area contributed by atoms with Crippen LogP contribution in [0.25, 0.3) is 0 Å². The van der Waals surface area contributed by atoms with E-state index in [9.17, 15) is 18.0 Å². The van der Waals surface area contributed by atoms with Gasteiger partial charge in [0.15, 0.2) is 5.96 Å². The molecule has 3 rings (SSSR count). The van der Waals surface area contributed by atoms with Crippen LogP contribution in [-0.2, 0) is 26.1 Å². The molecule has 1 heterocycles. The molecule has 2 atom stereocenters. The van der Waals surface area contributed by atoms with E-state index in [-0.39, 0.29) is 48.4 Å². The molecule has 0 radical (unpaired) electrons. The second kappa shape index (κ2) is 11.5. The van der Waals surface area contributed by atoms with E-state index in [1.54, 1.807) is 26.2 Å². The number of hydrogen-bond acceptors (Lipinski definition) is 7. The van der Waals surface area contributed by atoms with Crippen molar-refractivity contribution in [3.8, 4) is 0 Å². The van der Waals surface area contributed by atoms with Crippen LogP contribution in [0.2, 0.25) is 0 Å². The van der Waals surface area contributed by atoms with Gasteiger partial charge in [-0.2, -0.15) is 0 Å². The number of rotatable bonds is 10. The SMILES string of the molecule is COCCC(NC(=O)c1cc(CN2C(=O)CC(C)N=C2N)cc(N(C)S(C)(=O)=O)c1)c1ccccc1. The smallest absolute Gasteiger partial charge is 0.251 e. The van der Waals surface area contributed by atoms with Crippen molar-refractivity contribution in [3.05, 3.63) is 65.2 Å². The van der Waals surface area contributed by atoms with Crippen LogP contribution in [0.1, 0.15) is 47.3 Å². The zero-order valence-corrected chi connectivity index (χ0v) is 21.8. The predicted octanol–water partition coefficient (Wildman–Crippen LogP) is 2.03. The zero-order chi connectivity index (χ0) is 26.5. The maximum atomic E-state index is 13.4. The number of ether oxygens (including phenoxy) is 1. The van der Waals surface area contributed by atoms with Crippen molar-refractivity contribution in [3.63, 3.8) is 0 Å². The molecule has 0 bridgehead atoms. The molecule has 0 saturated heterocycles. The molecule has 2 aromatic carbocycles. The van der Waals surface area contributed by atoms with Gasteiger partial charge in [-0.25, -0.2) is 13.4 Å². The van der Waals surface area contributed by atoms with Crippen molar-refractivity contribution in [2.24, 2.45) is 10.7 Å². The Hall–Kier alpha value is -3.44. The highest BCUT2D eigenvalue weighted by molar-refractivity contribution is 7.92. The summed E-state index contributed by atoms with van der Waals surface area (Å²) in [5.41, 5.74) is 8.02. The molecule has 0 aromatic heterocycles. The van der Waals surface area contributed by atoms with Crippen molar-refractivity contribution in [1.29, 1.82) is 0 Å². The third-order valence-corrected chi connectivity index (χ3v) is 7.17. The maximum Gasteiger partial charge on any atom is 0.251 e. The molecule has 1 aliphatic heterocycles. The van der Waals surface area contributed by atoms with Crippen LogP contribution in [-0.4, -0.2) is 64.2 Å². The highest BCUT2D eigenvalue weighted by atomic mass is 32.2. The van der Waals surface area contributed by atoms with Crippen LogP contribution < -0.4 is 15.4 Å². The van der Waals surface area contributed by atoms with Crippen LogP contribution in [0.5, 0.6) is 0 Å². The number of guanidine groups is 1. The summed E-state index contributed by atoms with van der Waals surface area (Å²) in [6.07, 6.45) is 1.85. The molecule has 0 spiro atoms. The standard InChI is InChI=1S/C25H33N5O5S/c1-17-12-23(31)30(25(26)27-17)16-18-13-20(15-21(14-18)29(2)36(4,33)34)24(32)28-22(10-11-35-3)19-8-6-5-7-9-19/h5-9,13-15,17,22H,10-12,16H2,1-4H3,(H2,26,27)(H,28,32). The fourth-order valence-electron chi connectivity index (χ4n) is 3.94. The first kappa shape index (κ1) is 27.2. The van der Waals surface area contributed by atoms with Crippen molar-refractivity contribution < 1.29 is 22.7 Å². The van der Waals surface area contributed by atoms with Gasteiger partial charge in [-0.15, -0.1) is 0 Å². The first-order valence-electron chi connectivity index (χ1n) is 11.6. The zero-order valence-electron chi connectivity index (χ0n) is 21.0. The number of methoxy groups -OCH3 is 1. The summed E-state index contributed by atoms with van der Waals surface area (Å²) in [4.78, 5) is 31.6. The third-order valence-electron chi connectivity index (χ3n) is 5.96. The molecule has 2 unspecified atom stereocenters. The van der Waals surface area contributed by atoms with Crippen molar-refractivity contribution in [2.45, 2.75) is 38.4 Å². The summed E-state index contributed by atoms with van der Waals surface area (Å²) in [5.74, 6) is -0.480. The fraction of sp³-hybridized carbons (Fsp3) is 0.400. The van der Waals surface area contributed by atoms with Crippen LogP contribution >= 0.6 is 0 Å². The highest BCUT2D eigenvalue weighted by Gasteiger charge is 2.26. The highest BCUT2D eigenvalue weighted by Crippen LogP contribution is 2.24. The Morgan fingerprint density at radius 3 is 2.58 bits per heavy atom. The normalized spacial score (nSPS) is 16.9. The quantitative estimate of drug-likeness (QED) is 0.497. The number of carbonyl (C=O) groups excluding carboxylic acids is 2. The summed E-state index contributed by atoms with van der Waals surface area (Å²) in [6.45, 7) is 2.30. The van der Waals surface area contributed by atoms with Gasteiger partial charge in [0.1, 0.15) is 0 Å². The second-order valence-electron chi connectivity index (χ2n) is 8.86. The number of amides is 2. The van der Waals surface area contributed by atoms with E-state index in [1.165, 1.54) is 18.0 Å². The Bertz CT molecular complexity index is 1230. The number of hydrogen-bond donors (Lipinski definition) is 2. The minimum Gasteiger partial charge on any atom is -0.385 e. The fourth-order valence-corrected chi connectivity index (χ4v) is 4.43. The largest absolute Gasteiger partial charge is 0.385 e. The summed E-state index contributed by atoms with van der Waals surface area (Å²) < 4.78 is 30.8. The van der Waals surface area contributed by atoms with E-state index < -0.39 is 10.0 Å². The Morgan fingerprint density at radius 1 is 1.28 bits per heavy atom. The van der Waals surface area contributed by atoms with E-state index in [0.29, 0.717) is 24.3 Å². The number of nitrogens with zero attached hydrogens (tertiary/aromatic N) is 3. The minimum absolute atomic E-state index is 0.0540. The number of aliphatic imine (C=N–C) groups is 1. The molecule has 2 aromatic rings. The molecular weight excluding hydrogens is 482 g/mol. The lowest BCUT2D eigenvalue weighted by Gasteiger charge is -2.28. The topological polar surface area (TPSA) is 134 Å². The number of sulfonamides is 1. The number of nitrogens with two attached hydrogens (primary N) is 1. The van der Waals surface area contributed by atoms with E-state index in [4.69, 9.17) is 10.5 Å². The van der Waals surface area contributed by atoms with Crippen molar-refractivity contribution >= 4 is 33.5 Å². The Balaban J connectivity index is 1.97. The van der Waals surface area contributed by atoms with Gasteiger partial charge in [0.2, 0.25) is 15.9 Å². The van der Waals surface area contributed by atoms with Gasteiger partial charge in [-0.05, 0) is 42.7 Å². The van der Waals surface area contributed by atoms with Gasteiger partial charge in [0.25, 0.3) is 5.91 Å².